The molecule has 0 heterocycles. The van der Waals surface area contributed by atoms with Gasteiger partial charge in [-0.1, -0.05) is 40.2 Å². The lowest BCUT2D eigenvalue weighted by atomic mass is 10.1. The molecule has 1 N–H and O–H groups in total. The van der Waals surface area contributed by atoms with E-state index >= 15 is 0 Å². The molecule has 0 saturated heterocycles. The molecule has 0 unspecified atom stereocenters. The fourth-order valence-electron chi connectivity index (χ4n) is 2.26. The minimum absolute atomic E-state index is 0.138. The molecule has 25 heavy (non-hydrogen) atoms. The van der Waals surface area contributed by atoms with Crippen molar-refractivity contribution < 1.29 is 19.1 Å². The van der Waals surface area contributed by atoms with Crippen molar-refractivity contribution in [3.63, 3.8) is 0 Å². The molecule has 0 aliphatic rings. The van der Waals surface area contributed by atoms with Gasteiger partial charge in [-0.05, 0) is 43.7 Å². The Labute approximate surface area is 155 Å². The molecule has 1 atom stereocenters. The smallest absolute Gasteiger partial charge is 0.338 e. The number of carbonyl (C=O) groups excluding carboxylic acids is 2. The van der Waals surface area contributed by atoms with Crippen molar-refractivity contribution in [1.82, 2.24) is 5.32 Å². The van der Waals surface area contributed by atoms with Gasteiger partial charge in [0.05, 0.1) is 18.2 Å². The molecule has 5 nitrogen and oxygen atoms in total. The third-order valence-electron chi connectivity index (χ3n) is 3.46. The number of nitrogens with one attached hydrogen (secondary N) is 1. The van der Waals surface area contributed by atoms with Gasteiger partial charge in [0, 0.05) is 4.47 Å². The lowest BCUT2D eigenvalue weighted by Gasteiger charge is -2.16. The van der Waals surface area contributed by atoms with E-state index < -0.39 is 5.97 Å². The average molecular weight is 406 g/mol. The first-order valence-electron chi connectivity index (χ1n) is 7.95. The van der Waals surface area contributed by atoms with E-state index in [1.165, 1.54) is 0 Å². The standard InChI is InChI=1S/C19H20BrNO4/c1-3-24-19(23)14-7-6-8-15(11-14)25-12-18(22)21-13(2)16-9-4-5-10-17(16)20/h4-11,13H,3,12H2,1-2H3,(H,21,22)/t13-/m0/s1. The Kier molecular flexibility index (Phi) is 7.01. The Bertz CT molecular complexity index is 748. The van der Waals surface area contributed by atoms with Gasteiger partial charge in [-0.2, -0.15) is 0 Å². The zero-order valence-corrected chi connectivity index (χ0v) is 15.7. The number of ether oxygens (including phenoxy) is 2. The van der Waals surface area contributed by atoms with Crippen LogP contribution >= 0.6 is 15.9 Å². The molecule has 2 aromatic rings. The van der Waals surface area contributed by atoms with Crippen LogP contribution in [0.4, 0.5) is 0 Å². The molecule has 2 rings (SSSR count). The van der Waals surface area contributed by atoms with E-state index in [1.54, 1.807) is 31.2 Å². The number of rotatable bonds is 7. The molecule has 0 fully saturated rings. The van der Waals surface area contributed by atoms with E-state index in [0.29, 0.717) is 17.9 Å². The van der Waals surface area contributed by atoms with Crippen LogP contribution in [0.15, 0.2) is 53.0 Å². The van der Waals surface area contributed by atoms with Gasteiger partial charge in [-0.3, -0.25) is 4.79 Å². The quantitative estimate of drug-likeness (QED) is 0.709. The van der Waals surface area contributed by atoms with Gasteiger partial charge in [0.2, 0.25) is 0 Å². The van der Waals surface area contributed by atoms with Crippen molar-refractivity contribution in [3.05, 3.63) is 64.1 Å². The number of hydrogen-bond donors (Lipinski definition) is 1. The first-order valence-corrected chi connectivity index (χ1v) is 8.74. The Morgan fingerprint density at radius 2 is 1.92 bits per heavy atom. The van der Waals surface area contributed by atoms with Gasteiger partial charge in [0.25, 0.3) is 5.91 Å². The van der Waals surface area contributed by atoms with Crippen LogP contribution in [0, 0.1) is 0 Å². The number of benzene rings is 2. The largest absolute Gasteiger partial charge is 0.484 e. The molecule has 2 aromatic carbocycles. The van der Waals surface area contributed by atoms with Crippen LogP contribution in [-0.4, -0.2) is 25.1 Å². The fourth-order valence-corrected chi connectivity index (χ4v) is 2.89. The van der Waals surface area contributed by atoms with Crippen molar-refractivity contribution >= 4 is 27.8 Å². The summed E-state index contributed by atoms with van der Waals surface area (Å²) in [5, 5.41) is 2.88. The summed E-state index contributed by atoms with van der Waals surface area (Å²) in [6.45, 7) is 3.81. The van der Waals surface area contributed by atoms with E-state index in [-0.39, 0.29) is 18.6 Å². The highest BCUT2D eigenvalue weighted by molar-refractivity contribution is 9.10. The highest BCUT2D eigenvalue weighted by atomic mass is 79.9. The summed E-state index contributed by atoms with van der Waals surface area (Å²) >= 11 is 3.47. The van der Waals surface area contributed by atoms with E-state index in [1.807, 2.05) is 31.2 Å². The van der Waals surface area contributed by atoms with Gasteiger partial charge in [0.15, 0.2) is 6.61 Å². The number of hydrogen-bond acceptors (Lipinski definition) is 4. The Hall–Kier alpha value is -2.34. The second-order valence-electron chi connectivity index (χ2n) is 5.35. The second kappa shape index (κ2) is 9.22. The van der Waals surface area contributed by atoms with Crippen molar-refractivity contribution in [2.45, 2.75) is 19.9 Å². The van der Waals surface area contributed by atoms with Crippen molar-refractivity contribution in [1.29, 1.82) is 0 Å². The van der Waals surface area contributed by atoms with E-state index in [9.17, 15) is 9.59 Å². The summed E-state index contributed by atoms with van der Waals surface area (Å²) in [6, 6.07) is 14.1. The number of amides is 1. The molecule has 0 spiro atoms. The second-order valence-corrected chi connectivity index (χ2v) is 6.20. The van der Waals surface area contributed by atoms with E-state index in [4.69, 9.17) is 9.47 Å². The lowest BCUT2D eigenvalue weighted by Crippen LogP contribution is -2.31. The monoisotopic (exact) mass is 405 g/mol. The van der Waals surface area contributed by atoms with Crippen molar-refractivity contribution in [2.75, 3.05) is 13.2 Å². The Morgan fingerprint density at radius 1 is 1.16 bits per heavy atom. The van der Waals surface area contributed by atoms with Crippen LogP contribution in [-0.2, 0) is 9.53 Å². The van der Waals surface area contributed by atoms with Gasteiger partial charge < -0.3 is 14.8 Å². The van der Waals surface area contributed by atoms with Crippen LogP contribution < -0.4 is 10.1 Å². The molecule has 0 aliphatic carbocycles. The number of esters is 1. The van der Waals surface area contributed by atoms with Gasteiger partial charge in [-0.15, -0.1) is 0 Å². The lowest BCUT2D eigenvalue weighted by molar-refractivity contribution is -0.123. The topological polar surface area (TPSA) is 64.6 Å². The summed E-state index contributed by atoms with van der Waals surface area (Å²) < 4.78 is 11.4. The minimum atomic E-state index is -0.417. The first kappa shape index (κ1) is 19.0. The van der Waals surface area contributed by atoms with Crippen molar-refractivity contribution in [3.8, 4) is 5.75 Å². The summed E-state index contributed by atoms with van der Waals surface area (Å²) in [7, 11) is 0. The number of halogens is 1. The molecule has 0 radical (unpaired) electrons. The molecule has 6 heteroatoms. The average Bonchev–Trinajstić information content (AvgIpc) is 2.60. The maximum atomic E-state index is 12.1. The summed E-state index contributed by atoms with van der Waals surface area (Å²) in [4.78, 5) is 23.8. The zero-order valence-electron chi connectivity index (χ0n) is 14.1. The molecule has 0 saturated carbocycles. The molecule has 0 bridgehead atoms. The third-order valence-corrected chi connectivity index (χ3v) is 4.19. The Balaban J connectivity index is 1.91. The SMILES string of the molecule is CCOC(=O)c1cccc(OCC(=O)N[C@@H](C)c2ccccc2Br)c1. The maximum Gasteiger partial charge on any atom is 0.338 e. The molecule has 132 valence electrons. The van der Waals surface area contributed by atoms with E-state index in [2.05, 4.69) is 21.2 Å². The fraction of sp³-hybridized carbons (Fsp3) is 0.263. The van der Waals surface area contributed by atoms with E-state index in [0.717, 1.165) is 10.0 Å². The molecular formula is C19H20BrNO4. The molecule has 0 aromatic heterocycles. The minimum Gasteiger partial charge on any atom is -0.484 e. The zero-order chi connectivity index (χ0) is 18.2. The van der Waals surface area contributed by atoms with Gasteiger partial charge >= 0.3 is 5.97 Å². The summed E-state index contributed by atoms with van der Waals surface area (Å²) in [6.07, 6.45) is 0. The highest BCUT2D eigenvalue weighted by Gasteiger charge is 2.13. The number of carbonyl (C=O) groups is 2. The summed E-state index contributed by atoms with van der Waals surface area (Å²) in [5.41, 5.74) is 1.38. The Morgan fingerprint density at radius 3 is 2.64 bits per heavy atom. The third kappa shape index (κ3) is 5.60. The molecule has 1 amide bonds. The summed E-state index contributed by atoms with van der Waals surface area (Å²) in [5.74, 6) is -0.223. The van der Waals surface area contributed by atoms with Crippen LogP contribution in [0.5, 0.6) is 5.75 Å². The van der Waals surface area contributed by atoms with Crippen LogP contribution in [0.2, 0.25) is 0 Å². The molecule has 0 aliphatic heterocycles. The highest BCUT2D eigenvalue weighted by Crippen LogP contribution is 2.22. The van der Waals surface area contributed by atoms with Gasteiger partial charge in [-0.25, -0.2) is 4.79 Å². The van der Waals surface area contributed by atoms with Crippen LogP contribution in [0.1, 0.15) is 35.8 Å². The van der Waals surface area contributed by atoms with Crippen LogP contribution in [0.25, 0.3) is 0 Å². The predicted molar refractivity (Wildman–Crippen MR) is 98.6 cm³/mol. The van der Waals surface area contributed by atoms with Crippen LogP contribution in [0.3, 0.4) is 0 Å². The molecular weight excluding hydrogens is 386 g/mol. The predicted octanol–water partition coefficient (Wildman–Crippen LogP) is 3.88. The van der Waals surface area contributed by atoms with Gasteiger partial charge in [0.1, 0.15) is 5.75 Å². The normalized spacial score (nSPS) is 11.5. The first-order chi connectivity index (χ1) is 12.0. The van der Waals surface area contributed by atoms with Crippen molar-refractivity contribution in [2.24, 2.45) is 0 Å². The maximum absolute atomic E-state index is 12.1.